The zero-order valence-electron chi connectivity index (χ0n) is 15.4. The Morgan fingerprint density at radius 2 is 1.86 bits per heavy atom. The molecular formula is C23H20N2O3. The summed E-state index contributed by atoms with van der Waals surface area (Å²) >= 11 is 0. The minimum atomic E-state index is -1.00. The molecule has 0 radical (unpaired) electrons. The van der Waals surface area contributed by atoms with E-state index >= 15 is 0 Å². The summed E-state index contributed by atoms with van der Waals surface area (Å²) in [6.45, 7) is 0. The van der Waals surface area contributed by atoms with Gasteiger partial charge in [-0.3, -0.25) is 0 Å². The fourth-order valence-electron chi connectivity index (χ4n) is 3.51. The van der Waals surface area contributed by atoms with Crippen LogP contribution in [0.5, 0.6) is 11.5 Å². The van der Waals surface area contributed by atoms with E-state index in [0.717, 1.165) is 11.8 Å². The number of benzene rings is 2. The summed E-state index contributed by atoms with van der Waals surface area (Å²) in [5, 5.41) is 15.9. The molecule has 4 rings (SSSR count). The largest absolute Gasteiger partial charge is 0.504 e. The first-order valence-electron chi connectivity index (χ1n) is 9.02. The summed E-state index contributed by atoms with van der Waals surface area (Å²) < 4.78 is 7.15. The topological polar surface area (TPSA) is 64.4 Å². The second kappa shape index (κ2) is 7.19. The average molecular weight is 372 g/mol. The Balaban J connectivity index is 2.02. The molecule has 3 aromatic rings. The maximum absolute atomic E-state index is 12.1. The van der Waals surface area contributed by atoms with Crippen LogP contribution in [-0.2, 0) is 10.2 Å². The molecule has 5 nitrogen and oxygen atoms in total. The first kappa shape index (κ1) is 17.8. The van der Waals surface area contributed by atoms with Crippen molar-refractivity contribution in [3.8, 4) is 28.4 Å². The normalized spacial score (nSPS) is 18.2. The van der Waals surface area contributed by atoms with Crippen LogP contribution in [0.15, 0.2) is 78.9 Å². The number of hydrogen-bond donors (Lipinski definition) is 1. The van der Waals surface area contributed by atoms with Gasteiger partial charge >= 0.3 is 0 Å². The molecule has 1 atom stereocenters. The maximum atomic E-state index is 12.1. The van der Waals surface area contributed by atoms with E-state index in [1.165, 1.54) is 0 Å². The van der Waals surface area contributed by atoms with Crippen molar-refractivity contribution in [2.45, 2.75) is 11.8 Å². The van der Waals surface area contributed by atoms with Crippen molar-refractivity contribution >= 4 is 6.29 Å². The third kappa shape index (κ3) is 2.81. The van der Waals surface area contributed by atoms with Gasteiger partial charge in [-0.25, -0.2) is 4.68 Å². The van der Waals surface area contributed by atoms with Crippen molar-refractivity contribution in [1.29, 1.82) is 0 Å². The second-order valence-electron chi connectivity index (χ2n) is 6.65. The number of hydrogen-bond acceptors (Lipinski definition) is 4. The summed E-state index contributed by atoms with van der Waals surface area (Å²) in [7, 11) is 1.59. The Morgan fingerprint density at radius 3 is 2.54 bits per heavy atom. The van der Waals surface area contributed by atoms with Gasteiger partial charge in [0, 0.05) is 5.56 Å². The van der Waals surface area contributed by atoms with Crippen molar-refractivity contribution in [3.63, 3.8) is 0 Å². The third-order valence-electron chi connectivity index (χ3n) is 4.97. The molecule has 0 aliphatic heterocycles. The maximum Gasteiger partial charge on any atom is 0.166 e. The molecule has 0 fully saturated rings. The summed E-state index contributed by atoms with van der Waals surface area (Å²) in [4.78, 5) is 12.1. The molecule has 1 unspecified atom stereocenters. The van der Waals surface area contributed by atoms with Crippen LogP contribution in [0.3, 0.4) is 0 Å². The van der Waals surface area contributed by atoms with E-state index in [2.05, 4.69) is 0 Å². The van der Waals surface area contributed by atoms with Crippen LogP contribution in [0.25, 0.3) is 16.9 Å². The molecule has 0 saturated carbocycles. The molecular weight excluding hydrogens is 352 g/mol. The van der Waals surface area contributed by atoms with Crippen molar-refractivity contribution in [2.24, 2.45) is 0 Å². The van der Waals surface area contributed by atoms with Gasteiger partial charge in [0.25, 0.3) is 0 Å². The van der Waals surface area contributed by atoms with Crippen molar-refractivity contribution in [2.75, 3.05) is 7.11 Å². The van der Waals surface area contributed by atoms with E-state index < -0.39 is 5.41 Å². The Bertz CT molecular complexity index is 1070. The highest BCUT2D eigenvalue weighted by molar-refractivity contribution is 5.79. The molecule has 5 heteroatoms. The van der Waals surface area contributed by atoms with E-state index in [1.807, 2.05) is 72.8 Å². The van der Waals surface area contributed by atoms with E-state index in [-0.39, 0.29) is 5.75 Å². The molecule has 1 heterocycles. The lowest BCUT2D eigenvalue weighted by atomic mass is 9.79. The summed E-state index contributed by atoms with van der Waals surface area (Å²) in [6.07, 6.45) is 8.66. The summed E-state index contributed by atoms with van der Waals surface area (Å²) in [5.74, 6) is 0.608. The van der Waals surface area contributed by atoms with Crippen LogP contribution in [-0.4, -0.2) is 28.3 Å². The molecule has 1 N–H and O–H groups in total. The SMILES string of the molecule is COc1ccccc1-n1nc(C2(C=O)C=CC=CC2)c(O)c1-c1ccccc1. The number of carbonyl (C=O) groups excluding carboxylic acids is 1. The number of carbonyl (C=O) groups is 1. The number of nitrogens with zero attached hydrogens (tertiary/aromatic N) is 2. The highest BCUT2D eigenvalue weighted by atomic mass is 16.5. The number of aldehydes is 1. The molecule has 2 aromatic carbocycles. The molecule has 0 saturated heterocycles. The van der Waals surface area contributed by atoms with Gasteiger partial charge in [-0.05, 0) is 18.6 Å². The van der Waals surface area contributed by atoms with Gasteiger partial charge in [-0.2, -0.15) is 5.10 Å². The number of methoxy groups -OCH3 is 1. The molecule has 1 aliphatic rings. The van der Waals surface area contributed by atoms with E-state index in [9.17, 15) is 9.90 Å². The first-order valence-corrected chi connectivity index (χ1v) is 9.02. The quantitative estimate of drug-likeness (QED) is 0.682. The summed E-state index contributed by atoms with van der Waals surface area (Å²) in [6, 6.07) is 17.0. The van der Waals surface area contributed by atoms with Crippen molar-refractivity contribution in [1.82, 2.24) is 9.78 Å². The molecule has 1 aliphatic carbocycles. The lowest BCUT2D eigenvalue weighted by molar-refractivity contribution is -0.111. The van der Waals surface area contributed by atoms with Gasteiger partial charge < -0.3 is 14.6 Å². The van der Waals surface area contributed by atoms with Gasteiger partial charge in [0.1, 0.15) is 29.1 Å². The number of aromatic hydroxyl groups is 1. The van der Waals surface area contributed by atoms with Crippen LogP contribution in [0.2, 0.25) is 0 Å². The lowest BCUT2D eigenvalue weighted by Gasteiger charge is -2.22. The number of rotatable bonds is 5. The van der Waals surface area contributed by atoms with Crippen LogP contribution in [0, 0.1) is 0 Å². The minimum absolute atomic E-state index is 0.0100. The van der Waals surface area contributed by atoms with Crippen LogP contribution >= 0.6 is 0 Å². The Hall–Kier alpha value is -3.60. The highest BCUT2D eigenvalue weighted by Crippen LogP contribution is 2.43. The molecule has 1 aromatic heterocycles. The zero-order chi connectivity index (χ0) is 19.6. The molecule has 140 valence electrons. The third-order valence-corrected chi connectivity index (χ3v) is 4.97. The van der Waals surface area contributed by atoms with Crippen LogP contribution < -0.4 is 4.74 Å². The highest BCUT2D eigenvalue weighted by Gasteiger charge is 2.37. The number of aromatic nitrogens is 2. The Kier molecular flexibility index (Phi) is 4.57. The standard InChI is InChI=1S/C23H20N2O3/c1-28-19-13-7-6-12-18(19)25-20(17-10-4-2-5-11-17)21(27)22(24-25)23(16-26)14-8-3-9-15-23/h2-14,16,27H,15H2,1H3. The van der Waals surface area contributed by atoms with Gasteiger partial charge in [0.05, 0.1) is 12.5 Å². The van der Waals surface area contributed by atoms with Crippen molar-refractivity contribution in [3.05, 3.63) is 84.6 Å². The van der Waals surface area contributed by atoms with Crippen molar-refractivity contribution < 1.29 is 14.6 Å². The molecule has 28 heavy (non-hydrogen) atoms. The fourth-order valence-corrected chi connectivity index (χ4v) is 3.51. The molecule has 0 amide bonds. The second-order valence-corrected chi connectivity index (χ2v) is 6.65. The lowest BCUT2D eigenvalue weighted by Crippen LogP contribution is -2.27. The smallest absolute Gasteiger partial charge is 0.166 e. The molecule has 0 spiro atoms. The predicted octanol–water partition coefficient (Wildman–Crippen LogP) is 4.21. The van der Waals surface area contributed by atoms with Crippen LogP contribution in [0.4, 0.5) is 0 Å². The zero-order valence-corrected chi connectivity index (χ0v) is 15.4. The predicted molar refractivity (Wildman–Crippen MR) is 108 cm³/mol. The summed E-state index contributed by atoms with van der Waals surface area (Å²) in [5.41, 5.74) is 1.32. The minimum Gasteiger partial charge on any atom is -0.504 e. The first-order chi connectivity index (χ1) is 13.7. The van der Waals surface area contributed by atoms with Gasteiger partial charge in [-0.1, -0.05) is 66.8 Å². The number of para-hydroxylation sites is 2. The Morgan fingerprint density at radius 1 is 1.11 bits per heavy atom. The van der Waals surface area contributed by atoms with E-state index in [4.69, 9.17) is 9.84 Å². The van der Waals surface area contributed by atoms with Gasteiger partial charge in [0.15, 0.2) is 5.75 Å². The average Bonchev–Trinajstić information content (AvgIpc) is 3.12. The van der Waals surface area contributed by atoms with Gasteiger partial charge in [-0.15, -0.1) is 0 Å². The van der Waals surface area contributed by atoms with E-state index in [1.54, 1.807) is 17.9 Å². The van der Waals surface area contributed by atoms with Gasteiger partial charge in [0.2, 0.25) is 0 Å². The number of ether oxygens (including phenoxy) is 1. The van der Waals surface area contributed by atoms with Crippen LogP contribution in [0.1, 0.15) is 12.1 Å². The molecule has 0 bridgehead atoms. The number of allylic oxidation sites excluding steroid dienone is 4. The Labute approximate surface area is 163 Å². The fraction of sp³-hybridized carbons (Fsp3) is 0.130. The van der Waals surface area contributed by atoms with E-state index in [0.29, 0.717) is 29.2 Å². The monoisotopic (exact) mass is 372 g/mol.